The average Bonchev–Trinajstić information content (AvgIpc) is 2.27. The molecule has 106 valence electrons. The van der Waals surface area contributed by atoms with Gasteiger partial charge in [0.25, 0.3) is 5.91 Å². The Bertz CT molecular complexity index is 444. The Labute approximate surface area is 116 Å². The Kier molecular flexibility index (Phi) is 4.75. The molecule has 0 fully saturated rings. The van der Waals surface area contributed by atoms with Crippen molar-refractivity contribution in [2.75, 3.05) is 6.54 Å². The van der Waals surface area contributed by atoms with Crippen LogP contribution in [0.1, 0.15) is 57.0 Å². The van der Waals surface area contributed by atoms with Crippen molar-refractivity contribution in [2.45, 2.75) is 52.0 Å². The molecule has 1 amide bonds. The molecule has 0 aliphatic carbocycles. The summed E-state index contributed by atoms with van der Waals surface area (Å²) in [7, 11) is 0. The van der Waals surface area contributed by atoms with Gasteiger partial charge in [-0.05, 0) is 43.9 Å². The Morgan fingerprint density at radius 1 is 1.16 bits per heavy atom. The fraction of sp³-hybridized carbons (Fsp3) is 0.562. The maximum Gasteiger partial charge on any atom is 0.251 e. The Morgan fingerprint density at radius 2 is 1.74 bits per heavy atom. The van der Waals surface area contributed by atoms with Gasteiger partial charge in [-0.1, -0.05) is 39.0 Å². The number of nitrogens with two attached hydrogens (primary N) is 1. The van der Waals surface area contributed by atoms with Gasteiger partial charge in [0.2, 0.25) is 0 Å². The van der Waals surface area contributed by atoms with Crippen molar-refractivity contribution < 1.29 is 4.79 Å². The first-order valence-electron chi connectivity index (χ1n) is 6.79. The van der Waals surface area contributed by atoms with Crippen LogP contribution in [-0.4, -0.2) is 18.0 Å². The molecule has 0 aromatic heterocycles. The van der Waals surface area contributed by atoms with Crippen LogP contribution in [0.2, 0.25) is 0 Å². The number of carbonyl (C=O) groups is 1. The molecule has 3 nitrogen and oxygen atoms in total. The minimum Gasteiger partial charge on any atom is -0.347 e. The van der Waals surface area contributed by atoms with E-state index in [-0.39, 0.29) is 16.9 Å². The first kappa shape index (κ1) is 15.7. The first-order chi connectivity index (χ1) is 8.67. The maximum absolute atomic E-state index is 12.5. The molecule has 1 rings (SSSR count). The highest BCUT2D eigenvalue weighted by Crippen LogP contribution is 2.26. The lowest BCUT2D eigenvalue weighted by atomic mass is 9.83. The molecule has 0 radical (unpaired) electrons. The number of benzene rings is 1. The smallest absolute Gasteiger partial charge is 0.251 e. The predicted octanol–water partition coefficient (Wildman–Crippen LogP) is 2.84. The van der Waals surface area contributed by atoms with Crippen LogP contribution in [0.3, 0.4) is 0 Å². The average molecular weight is 262 g/mol. The number of nitrogens with one attached hydrogen (secondary N) is 1. The molecule has 0 unspecified atom stereocenters. The summed E-state index contributed by atoms with van der Waals surface area (Å²) < 4.78 is 0. The van der Waals surface area contributed by atoms with Gasteiger partial charge in [0.1, 0.15) is 0 Å². The second-order valence-corrected chi connectivity index (χ2v) is 6.67. The summed E-state index contributed by atoms with van der Waals surface area (Å²) in [4.78, 5) is 12.5. The van der Waals surface area contributed by atoms with Gasteiger partial charge in [-0.15, -0.1) is 0 Å². The van der Waals surface area contributed by atoms with Crippen LogP contribution in [0.25, 0.3) is 0 Å². The summed E-state index contributed by atoms with van der Waals surface area (Å²) in [5, 5.41) is 3.07. The summed E-state index contributed by atoms with van der Waals surface area (Å²) in [6, 6.07) is 7.78. The fourth-order valence-electron chi connectivity index (χ4n) is 2.13. The molecule has 1 aromatic carbocycles. The van der Waals surface area contributed by atoms with Gasteiger partial charge in [-0.25, -0.2) is 0 Å². The molecule has 0 aliphatic rings. The van der Waals surface area contributed by atoms with E-state index in [1.807, 2.05) is 38.1 Å². The summed E-state index contributed by atoms with van der Waals surface area (Å²) in [5.41, 5.74) is 7.06. The number of carbonyl (C=O) groups excluding carboxylic acids is 1. The molecule has 0 saturated heterocycles. The summed E-state index contributed by atoms with van der Waals surface area (Å²) in [5.74, 6) is -0.0241. The molecular formula is C16H26N2O. The number of amides is 1. The molecule has 1 aromatic rings. The Balaban J connectivity index is 3.01. The van der Waals surface area contributed by atoms with Crippen molar-refractivity contribution in [2.24, 2.45) is 5.73 Å². The second kappa shape index (κ2) is 5.74. The Morgan fingerprint density at radius 3 is 2.26 bits per heavy atom. The minimum atomic E-state index is -0.281. The quantitative estimate of drug-likeness (QED) is 0.876. The number of hydrogen-bond donors (Lipinski definition) is 2. The minimum absolute atomic E-state index is 0.0241. The lowest BCUT2D eigenvalue weighted by molar-refractivity contribution is 0.0908. The van der Waals surface area contributed by atoms with Crippen LogP contribution in [-0.2, 0) is 5.41 Å². The van der Waals surface area contributed by atoms with E-state index in [2.05, 4.69) is 26.1 Å². The van der Waals surface area contributed by atoms with Crippen LogP contribution in [0.15, 0.2) is 24.3 Å². The van der Waals surface area contributed by atoms with Gasteiger partial charge in [-0.3, -0.25) is 4.79 Å². The molecule has 0 spiro atoms. The standard InChI is InChI=1S/C16H26N2O/c1-15(2,3)13-9-7-6-8-12(13)14(19)18-16(4,5)10-11-17/h6-9H,10-11,17H2,1-5H3,(H,18,19). The molecule has 0 atom stereocenters. The van der Waals surface area contributed by atoms with Crippen LogP contribution in [0.4, 0.5) is 0 Å². The van der Waals surface area contributed by atoms with Crippen molar-refractivity contribution >= 4 is 5.91 Å². The predicted molar refractivity (Wildman–Crippen MR) is 80.4 cm³/mol. The molecule has 3 heteroatoms. The molecule has 0 saturated carbocycles. The van der Waals surface area contributed by atoms with E-state index in [0.717, 1.165) is 17.5 Å². The highest BCUT2D eigenvalue weighted by atomic mass is 16.1. The zero-order valence-electron chi connectivity index (χ0n) is 12.7. The summed E-state index contributed by atoms with van der Waals surface area (Å²) >= 11 is 0. The molecule has 0 bridgehead atoms. The SMILES string of the molecule is CC(C)(CCN)NC(=O)c1ccccc1C(C)(C)C. The monoisotopic (exact) mass is 262 g/mol. The van der Waals surface area contributed by atoms with E-state index in [0.29, 0.717) is 6.54 Å². The van der Waals surface area contributed by atoms with Gasteiger partial charge < -0.3 is 11.1 Å². The molecule has 0 heterocycles. The topological polar surface area (TPSA) is 55.1 Å². The fourth-order valence-corrected chi connectivity index (χ4v) is 2.13. The van der Waals surface area contributed by atoms with Gasteiger partial charge >= 0.3 is 0 Å². The highest BCUT2D eigenvalue weighted by molar-refractivity contribution is 5.96. The highest BCUT2D eigenvalue weighted by Gasteiger charge is 2.25. The third kappa shape index (κ3) is 4.35. The second-order valence-electron chi connectivity index (χ2n) is 6.67. The molecule has 19 heavy (non-hydrogen) atoms. The van der Waals surface area contributed by atoms with Gasteiger partial charge in [0.05, 0.1) is 0 Å². The normalized spacial score (nSPS) is 12.3. The third-order valence-corrected chi connectivity index (χ3v) is 3.20. The van der Waals surface area contributed by atoms with Crippen molar-refractivity contribution in [1.82, 2.24) is 5.32 Å². The lowest BCUT2D eigenvalue weighted by Crippen LogP contribution is -2.45. The van der Waals surface area contributed by atoms with Crippen LogP contribution < -0.4 is 11.1 Å². The Hall–Kier alpha value is -1.35. The van der Waals surface area contributed by atoms with Gasteiger partial charge in [0, 0.05) is 11.1 Å². The van der Waals surface area contributed by atoms with E-state index in [1.54, 1.807) is 0 Å². The molecular weight excluding hydrogens is 236 g/mol. The van der Waals surface area contributed by atoms with Gasteiger partial charge in [0.15, 0.2) is 0 Å². The summed E-state index contributed by atoms with van der Waals surface area (Å²) in [6.07, 6.45) is 0.760. The molecule has 0 aliphatic heterocycles. The number of hydrogen-bond acceptors (Lipinski definition) is 2. The largest absolute Gasteiger partial charge is 0.347 e. The van der Waals surface area contributed by atoms with Gasteiger partial charge in [-0.2, -0.15) is 0 Å². The van der Waals surface area contributed by atoms with E-state index in [4.69, 9.17) is 5.73 Å². The van der Waals surface area contributed by atoms with E-state index in [1.165, 1.54) is 0 Å². The van der Waals surface area contributed by atoms with E-state index < -0.39 is 0 Å². The van der Waals surface area contributed by atoms with Crippen molar-refractivity contribution in [3.8, 4) is 0 Å². The zero-order chi connectivity index (χ0) is 14.7. The van der Waals surface area contributed by atoms with Crippen LogP contribution >= 0.6 is 0 Å². The van der Waals surface area contributed by atoms with Crippen LogP contribution in [0, 0.1) is 0 Å². The lowest BCUT2D eigenvalue weighted by Gasteiger charge is -2.28. The van der Waals surface area contributed by atoms with Crippen molar-refractivity contribution in [3.63, 3.8) is 0 Å². The number of rotatable bonds is 4. The van der Waals surface area contributed by atoms with Crippen LogP contribution in [0.5, 0.6) is 0 Å². The molecule has 3 N–H and O–H groups in total. The third-order valence-electron chi connectivity index (χ3n) is 3.20. The van der Waals surface area contributed by atoms with Crippen molar-refractivity contribution in [1.29, 1.82) is 0 Å². The van der Waals surface area contributed by atoms with Crippen molar-refractivity contribution in [3.05, 3.63) is 35.4 Å². The first-order valence-corrected chi connectivity index (χ1v) is 6.79. The summed E-state index contributed by atoms with van der Waals surface area (Å²) in [6.45, 7) is 10.9. The van der Waals surface area contributed by atoms with E-state index >= 15 is 0 Å². The zero-order valence-corrected chi connectivity index (χ0v) is 12.7. The van der Waals surface area contributed by atoms with E-state index in [9.17, 15) is 4.79 Å². The maximum atomic E-state index is 12.5.